The molecule has 1 N–H and O–H groups in total. The summed E-state index contributed by atoms with van der Waals surface area (Å²) >= 11 is 3.69. The smallest absolute Gasteiger partial charge is 0.137 e. The van der Waals surface area contributed by atoms with Crippen molar-refractivity contribution in [3.05, 3.63) is 21.2 Å². The minimum Gasteiger partial charge on any atom is -0.493 e. The summed E-state index contributed by atoms with van der Waals surface area (Å²) in [6.07, 6.45) is 4.38. The average molecular weight is 310 g/mol. The summed E-state index contributed by atoms with van der Waals surface area (Å²) in [5.41, 5.74) is 4.08. The van der Waals surface area contributed by atoms with Gasteiger partial charge in [0.25, 0.3) is 0 Å². The maximum atomic E-state index is 5.89. The molecule has 1 aromatic rings. The molecule has 3 nitrogen and oxygen atoms in total. The summed E-state index contributed by atoms with van der Waals surface area (Å²) in [7, 11) is 0. The SMILES string of the molecule is Brc1c2c(c(CC3CCN3)c3c1OCC3)OCC2. The van der Waals surface area contributed by atoms with Crippen molar-refractivity contribution in [2.24, 2.45) is 0 Å². The fourth-order valence-electron chi connectivity index (χ4n) is 3.13. The van der Waals surface area contributed by atoms with Gasteiger partial charge in [-0.25, -0.2) is 0 Å². The van der Waals surface area contributed by atoms with Gasteiger partial charge < -0.3 is 14.8 Å². The van der Waals surface area contributed by atoms with Crippen LogP contribution >= 0.6 is 15.9 Å². The minimum atomic E-state index is 0.629. The molecule has 0 bridgehead atoms. The predicted molar refractivity (Wildman–Crippen MR) is 72.7 cm³/mol. The summed E-state index contributed by atoms with van der Waals surface area (Å²) in [5, 5.41) is 3.48. The Labute approximate surface area is 115 Å². The maximum Gasteiger partial charge on any atom is 0.137 e. The van der Waals surface area contributed by atoms with Gasteiger partial charge in [0.1, 0.15) is 11.5 Å². The van der Waals surface area contributed by atoms with Crippen LogP contribution in [0.1, 0.15) is 23.1 Å². The molecule has 0 spiro atoms. The Morgan fingerprint density at radius 3 is 2.56 bits per heavy atom. The summed E-state index contributed by atoms with van der Waals surface area (Å²) < 4.78 is 12.8. The fraction of sp³-hybridized carbons (Fsp3) is 0.571. The number of ether oxygens (including phenoxy) is 2. The number of benzene rings is 1. The molecule has 3 aliphatic rings. The third-order valence-corrected chi connectivity index (χ3v) is 5.06. The van der Waals surface area contributed by atoms with E-state index in [0.717, 1.165) is 55.0 Å². The highest BCUT2D eigenvalue weighted by atomic mass is 79.9. The number of hydrogen-bond acceptors (Lipinski definition) is 3. The van der Waals surface area contributed by atoms with Gasteiger partial charge in [-0.1, -0.05) is 0 Å². The molecular weight excluding hydrogens is 294 g/mol. The summed E-state index contributed by atoms with van der Waals surface area (Å²) in [4.78, 5) is 0. The zero-order valence-corrected chi connectivity index (χ0v) is 11.8. The third kappa shape index (κ3) is 1.51. The molecule has 4 heteroatoms. The highest BCUT2D eigenvalue weighted by molar-refractivity contribution is 9.10. The number of hydrogen-bond donors (Lipinski definition) is 1. The normalized spacial score (nSPS) is 23.9. The van der Waals surface area contributed by atoms with Crippen molar-refractivity contribution in [2.75, 3.05) is 19.8 Å². The second-order valence-electron chi connectivity index (χ2n) is 5.25. The molecule has 4 rings (SSSR count). The van der Waals surface area contributed by atoms with Crippen molar-refractivity contribution in [1.82, 2.24) is 5.32 Å². The Morgan fingerprint density at radius 1 is 1.11 bits per heavy atom. The molecule has 96 valence electrons. The zero-order chi connectivity index (χ0) is 12.1. The number of nitrogens with one attached hydrogen (secondary N) is 1. The van der Waals surface area contributed by atoms with Crippen molar-refractivity contribution in [3.63, 3.8) is 0 Å². The van der Waals surface area contributed by atoms with Gasteiger partial charge in [0.15, 0.2) is 0 Å². The van der Waals surface area contributed by atoms with Gasteiger partial charge in [0, 0.05) is 35.6 Å². The molecular formula is C14H16BrNO2. The van der Waals surface area contributed by atoms with Crippen molar-refractivity contribution < 1.29 is 9.47 Å². The topological polar surface area (TPSA) is 30.5 Å². The minimum absolute atomic E-state index is 0.629. The Morgan fingerprint density at radius 2 is 1.83 bits per heavy atom. The van der Waals surface area contributed by atoms with Crippen molar-refractivity contribution >= 4 is 15.9 Å². The first-order chi connectivity index (χ1) is 8.84. The molecule has 3 heterocycles. The lowest BCUT2D eigenvalue weighted by molar-refractivity contribution is 0.338. The molecule has 3 aliphatic heterocycles. The first-order valence-electron chi connectivity index (χ1n) is 6.69. The van der Waals surface area contributed by atoms with E-state index in [1.54, 1.807) is 0 Å². The highest BCUT2D eigenvalue weighted by Crippen LogP contribution is 2.47. The zero-order valence-electron chi connectivity index (χ0n) is 10.2. The number of halogens is 1. The molecule has 0 saturated carbocycles. The van der Waals surface area contributed by atoms with E-state index >= 15 is 0 Å². The van der Waals surface area contributed by atoms with Gasteiger partial charge in [0.2, 0.25) is 0 Å². The largest absolute Gasteiger partial charge is 0.493 e. The molecule has 1 saturated heterocycles. The van der Waals surface area contributed by atoms with Crippen molar-refractivity contribution in [3.8, 4) is 11.5 Å². The molecule has 1 unspecified atom stereocenters. The summed E-state index contributed by atoms with van der Waals surface area (Å²) in [6, 6.07) is 0.629. The van der Waals surface area contributed by atoms with Crippen LogP contribution in [0.5, 0.6) is 11.5 Å². The van der Waals surface area contributed by atoms with E-state index in [1.807, 2.05) is 0 Å². The van der Waals surface area contributed by atoms with E-state index in [2.05, 4.69) is 21.2 Å². The monoisotopic (exact) mass is 309 g/mol. The van der Waals surface area contributed by atoms with Crippen LogP contribution in [0.4, 0.5) is 0 Å². The van der Waals surface area contributed by atoms with Gasteiger partial charge in [-0.2, -0.15) is 0 Å². The van der Waals surface area contributed by atoms with E-state index in [4.69, 9.17) is 9.47 Å². The van der Waals surface area contributed by atoms with Crippen LogP contribution in [0.25, 0.3) is 0 Å². The van der Waals surface area contributed by atoms with Crippen LogP contribution in [0.3, 0.4) is 0 Å². The molecule has 0 amide bonds. The van der Waals surface area contributed by atoms with E-state index in [0.29, 0.717) is 6.04 Å². The lowest BCUT2D eigenvalue weighted by Crippen LogP contribution is -2.44. The Bertz CT molecular complexity index is 476. The Hall–Kier alpha value is -0.740. The van der Waals surface area contributed by atoms with Crippen molar-refractivity contribution in [1.29, 1.82) is 0 Å². The maximum absolute atomic E-state index is 5.89. The van der Waals surface area contributed by atoms with Gasteiger partial charge in [0.05, 0.1) is 17.7 Å². The molecule has 1 aromatic carbocycles. The molecule has 18 heavy (non-hydrogen) atoms. The van der Waals surface area contributed by atoms with Crippen LogP contribution in [0.2, 0.25) is 0 Å². The van der Waals surface area contributed by atoms with Gasteiger partial charge >= 0.3 is 0 Å². The predicted octanol–water partition coefficient (Wildman–Crippen LogP) is 2.22. The van der Waals surface area contributed by atoms with E-state index in [-0.39, 0.29) is 0 Å². The van der Waals surface area contributed by atoms with E-state index < -0.39 is 0 Å². The fourth-order valence-corrected chi connectivity index (χ4v) is 3.87. The van der Waals surface area contributed by atoms with E-state index in [1.165, 1.54) is 23.1 Å². The van der Waals surface area contributed by atoms with Gasteiger partial charge in [-0.15, -0.1) is 0 Å². The van der Waals surface area contributed by atoms with E-state index in [9.17, 15) is 0 Å². The third-order valence-electron chi connectivity index (χ3n) is 4.22. The molecule has 1 fully saturated rings. The van der Waals surface area contributed by atoms with Crippen LogP contribution in [-0.2, 0) is 19.3 Å². The van der Waals surface area contributed by atoms with Gasteiger partial charge in [-0.05, 0) is 35.3 Å². The lowest BCUT2D eigenvalue weighted by atomic mass is 9.91. The summed E-state index contributed by atoms with van der Waals surface area (Å²) in [6.45, 7) is 2.77. The molecule has 0 aliphatic carbocycles. The van der Waals surface area contributed by atoms with Crippen LogP contribution < -0.4 is 14.8 Å². The summed E-state index contributed by atoms with van der Waals surface area (Å²) in [5.74, 6) is 2.22. The van der Waals surface area contributed by atoms with Crippen LogP contribution in [-0.4, -0.2) is 25.8 Å². The first kappa shape index (κ1) is 11.1. The molecule has 0 aromatic heterocycles. The van der Waals surface area contributed by atoms with Gasteiger partial charge in [-0.3, -0.25) is 0 Å². The van der Waals surface area contributed by atoms with Crippen molar-refractivity contribution in [2.45, 2.75) is 31.7 Å². The average Bonchev–Trinajstić information content (AvgIpc) is 2.94. The molecule has 1 atom stereocenters. The number of fused-ring (bicyclic) bond motifs is 2. The van der Waals surface area contributed by atoms with Crippen LogP contribution in [0, 0.1) is 0 Å². The number of rotatable bonds is 2. The molecule has 0 radical (unpaired) electrons. The quantitative estimate of drug-likeness (QED) is 0.909. The Kier molecular flexibility index (Phi) is 2.55. The Balaban J connectivity index is 1.84. The standard InChI is InChI=1S/C14H16BrNO2/c15-12-10-3-6-17-13(10)11(7-8-1-4-16-8)9-2-5-18-14(9)12/h8,16H,1-7H2. The van der Waals surface area contributed by atoms with Crippen LogP contribution in [0.15, 0.2) is 4.47 Å². The second-order valence-corrected chi connectivity index (χ2v) is 6.04. The highest BCUT2D eigenvalue weighted by Gasteiger charge is 2.32. The first-order valence-corrected chi connectivity index (χ1v) is 7.49. The lowest BCUT2D eigenvalue weighted by Gasteiger charge is -2.29. The second kappa shape index (κ2) is 4.14.